The Morgan fingerprint density at radius 3 is 2.11 bits per heavy atom. The first-order valence-corrected chi connectivity index (χ1v) is 6.67. The van der Waals surface area contributed by atoms with E-state index in [-0.39, 0.29) is 6.04 Å². The fourth-order valence-corrected chi connectivity index (χ4v) is 2.51. The molecule has 1 unspecified atom stereocenters. The van der Waals surface area contributed by atoms with E-state index in [0.29, 0.717) is 0 Å². The summed E-state index contributed by atoms with van der Waals surface area (Å²) in [5.74, 6) is 0. The zero-order valence-corrected chi connectivity index (χ0v) is 12.4. The molecule has 2 aromatic rings. The minimum atomic E-state index is -0.104. The van der Waals surface area contributed by atoms with Gasteiger partial charge < -0.3 is 5.73 Å². The Morgan fingerprint density at radius 1 is 0.842 bits per heavy atom. The first kappa shape index (κ1) is 13.8. The number of hydrogen-bond acceptors (Lipinski definition) is 2. The van der Waals surface area contributed by atoms with Crippen molar-refractivity contribution in [1.82, 2.24) is 4.98 Å². The number of nitrogens with two attached hydrogens (primary N) is 1. The summed E-state index contributed by atoms with van der Waals surface area (Å²) in [4.78, 5) is 4.51. The van der Waals surface area contributed by atoms with Gasteiger partial charge in [0.1, 0.15) is 0 Å². The van der Waals surface area contributed by atoms with Crippen molar-refractivity contribution in [3.63, 3.8) is 0 Å². The predicted molar refractivity (Wildman–Crippen MR) is 80.4 cm³/mol. The predicted octanol–water partition coefficient (Wildman–Crippen LogP) is 3.67. The Balaban J connectivity index is 2.49. The highest BCUT2D eigenvalue weighted by Gasteiger charge is 2.15. The normalized spacial score (nSPS) is 12.5. The van der Waals surface area contributed by atoms with Gasteiger partial charge in [-0.15, -0.1) is 0 Å². The molecule has 0 saturated carbocycles. The van der Waals surface area contributed by atoms with Crippen LogP contribution in [0.3, 0.4) is 0 Å². The summed E-state index contributed by atoms with van der Waals surface area (Å²) in [7, 11) is 0. The maximum Gasteiger partial charge on any atom is 0.0572 e. The summed E-state index contributed by atoms with van der Waals surface area (Å²) in [6, 6.07) is 8.43. The van der Waals surface area contributed by atoms with Crippen LogP contribution in [0.15, 0.2) is 24.3 Å². The Bertz CT molecular complexity index is 615. The van der Waals surface area contributed by atoms with Crippen LogP contribution in [-0.2, 0) is 0 Å². The maximum absolute atomic E-state index is 6.45. The third kappa shape index (κ3) is 2.69. The first-order chi connectivity index (χ1) is 8.90. The molecule has 1 atom stereocenters. The van der Waals surface area contributed by atoms with Crippen molar-refractivity contribution in [2.45, 2.75) is 40.7 Å². The Labute approximate surface area is 115 Å². The molecule has 1 aromatic carbocycles. The summed E-state index contributed by atoms with van der Waals surface area (Å²) < 4.78 is 0. The summed E-state index contributed by atoms with van der Waals surface area (Å²) in [5.41, 5.74) is 14.6. The molecule has 0 aliphatic carbocycles. The minimum absolute atomic E-state index is 0.104. The summed E-state index contributed by atoms with van der Waals surface area (Å²) >= 11 is 0. The van der Waals surface area contributed by atoms with E-state index in [1.807, 2.05) is 19.9 Å². The summed E-state index contributed by atoms with van der Waals surface area (Å²) in [6.45, 7) is 10.4. The fourth-order valence-electron chi connectivity index (χ4n) is 2.51. The van der Waals surface area contributed by atoms with Gasteiger partial charge in [-0.1, -0.05) is 18.2 Å². The van der Waals surface area contributed by atoms with Gasteiger partial charge in [-0.3, -0.25) is 4.98 Å². The van der Waals surface area contributed by atoms with Crippen LogP contribution in [0.5, 0.6) is 0 Å². The number of aromatic nitrogens is 1. The van der Waals surface area contributed by atoms with Gasteiger partial charge in [-0.25, -0.2) is 0 Å². The molecular formula is C17H22N2. The highest BCUT2D eigenvalue weighted by atomic mass is 14.7. The van der Waals surface area contributed by atoms with Gasteiger partial charge in [-0.05, 0) is 68.5 Å². The van der Waals surface area contributed by atoms with Crippen molar-refractivity contribution in [3.8, 4) is 0 Å². The number of pyridine rings is 1. The van der Waals surface area contributed by atoms with Gasteiger partial charge in [0.15, 0.2) is 0 Å². The molecule has 2 N–H and O–H groups in total. The average Bonchev–Trinajstić information content (AvgIpc) is 2.33. The highest BCUT2D eigenvalue weighted by molar-refractivity contribution is 5.43. The van der Waals surface area contributed by atoms with E-state index < -0.39 is 0 Å². The molecule has 1 aromatic heterocycles. The lowest BCUT2D eigenvalue weighted by Gasteiger charge is -2.19. The Morgan fingerprint density at radius 2 is 1.47 bits per heavy atom. The van der Waals surface area contributed by atoms with E-state index in [9.17, 15) is 0 Å². The summed E-state index contributed by atoms with van der Waals surface area (Å²) in [6.07, 6.45) is 0. The number of nitrogens with zero attached hydrogens (tertiary/aromatic N) is 1. The van der Waals surface area contributed by atoms with Crippen LogP contribution in [-0.4, -0.2) is 4.98 Å². The van der Waals surface area contributed by atoms with Crippen molar-refractivity contribution in [2.75, 3.05) is 0 Å². The topological polar surface area (TPSA) is 38.9 Å². The van der Waals surface area contributed by atoms with Crippen LogP contribution in [0.2, 0.25) is 0 Å². The molecule has 100 valence electrons. The second-order valence-corrected chi connectivity index (χ2v) is 5.40. The van der Waals surface area contributed by atoms with Gasteiger partial charge in [0, 0.05) is 11.4 Å². The van der Waals surface area contributed by atoms with Crippen LogP contribution in [0.25, 0.3) is 0 Å². The molecule has 0 aliphatic heterocycles. The van der Waals surface area contributed by atoms with E-state index in [0.717, 1.165) is 17.0 Å². The van der Waals surface area contributed by atoms with Crippen molar-refractivity contribution in [1.29, 1.82) is 0 Å². The van der Waals surface area contributed by atoms with Crippen molar-refractivity contribution >= 4 is 0 Å². The number of hydrogen-bond donors (Lipinski definition) is 1. The van der Waals surface area contributed by atoms with Crippen LogP contribution in [0, 0.1) is 34.6 Å². The molecule has 0 fully saturated rings. The maximum atomic E-state index is 6.45. The second-order valence-electron chi connectivity index (χ2n) is 5.40. The standard InChI is InChI=1S/C17H22N2/c1-10-8-12(3)16(9-11(10)2)17(18)15-7-6-13(4)19-14(15)5/h6-9,17H,18H2,1-5H3. The lowest BCUT2D eigenvalue weighted by atomic mass is 9.91. The van der Waals surface area contributed by atoms with E-state index in [4.69, 9.17) is 5.73 Å². The van der Waals surface area contributed by atoms with Crippen molar-refractivity contribution in [2.24, 2.45) is 5.73 Å². The van der Waals surface area contributed by atoms with E-state index in [1.165, 1.54) is 22.3 Å². The molecule has 0 saturated heterocycles. The van der Waals surface area contributed by atoms with Crippen molar-refractivity contribution < 1.29 is 0 Å². The average molecular weight is 254 g/mol. The third-order valence-electron chi connectivity index (χ3n) is 3.82. The lowest BCUT2D eigenvalue weighted by molar-refractivity contribution is 0.834. The van der Waals surface area contributed by atoms with E-state index in [2.05, 4.69) is 44.0 Å². The monoisotopic (exact) mass is 254 g/mol. The molecule has 0 bridgehead atoms. The van der Waals surface area contributed by atoms with E-state index >= 15 is 0 Å². The second kappa shape index (κ2) is 5.14. The number of aryl methyl sites for hydroxylation is 5. The smallest absolute Gasteiger partial charge is 0.0572 e. The number of benzene rings is 1. The molecule has 0 amide bonds. The largest absolute Gasteiger partial charge is 0.320 e. The Kier molecular flexibility index (Phi) is 3.72. The molecule has 19 heavy (non-hydrogen) atoms. The van der Waals surface area contributed by atoms with Crippen LogP contribution >= 0.6 is 0 Å². The van der Waals surface area contributed by atoms with Gasteiger partial charge in [0.2, 0.25) is 0 Å². The SMILES string of the molecule is Cc1ccc(C(N)c2cc(C)c(C)cc2C)c(C)n1. The molecule has 0 radical (unpaired) electrons. The molecule has 0 spiro atoms. The van der Waals surface area contributed by atoms with E-state index in [1.54, 1.807) is 0 Å². The molecule has 2 nitrogen and oxygen atoms in total. The van der Waals surface area contributed by atoms with Gasteiger partial charge in [0.05, 0.1) is 6.04 Å². The fraction of sp³-hybridized carbons (Fsp3) is 0.353. The van der Waals surface area contributed by atoms with Gasteiger partial charge in [-0.2, -0.15) is 0 Å². The zero-order valence-electron chi connectivity index (χ0n) is 12.4. The molecule has 2 heteroatoms. The number of rotatable bonds is 2. The molecular weight excluding hydrogens is 232 g/mol. The first-order valence-electron chi connectivity index (χ1n) is 6.67. The molecule has 2 rings (SSSR count). The summed E-state index contributed by atoms with van der Waals surface area (Å²) in [5, 5.41) is 0. The molecule has 1 heterocycles. The van der Waals surface area contributed by atoms with Crippen LogP contribution in [0.1, 0.15) is 45.2 Å². The van der Waals surface area contributed by atoms with Crippen LogP contribution in [0.4, 0.5) is 0 Å². The molecule has 0 aliphatic rings. The zero-order chi connectivity index (χ0) is 14.2. The minimum Gasteiger partial charge on any atom is -0.320 e. The van der Waals surface area contributed by atoms with Crippen molar-refractivity contribution in [3.05, 3.63) is 63.5 Å². The Hall–Kier alpha value is -1.67. The van der Waals surface area contributed by atoms with Gasteiger partial charge >= 0.3 is 0 Å². The highest BCUT2D eigenvalue weighted by Crippen LogP contribution is 2.26. The van der Waals surface area contributed by atoms with Crippen LogP contribution < -0.4 is 5.73 Å². The lowest BCUT2D eigenvalue weighted by Crippen LogP contribution is -2.16. The third-order valence-corrected chi connectivity index (χ3v) is 3.82. The van der Waals surface area contributed by atoms with Gasteiger partial charge in [0.25, 0.3) is 0 Å². The quantitative estimate of drug-likeness (QED) is 0.888.